The summed E-state index contributed by atoms with van der Waals surface area (Å²) in [5.41, 5.74) is 2.08. The fraction of sp³-hybridized carbons (Fsp3) is 0.571. The van der Waals surface area contributed by atoms with Gasteiger partial charge in [0.25, 0.3) is 0 Å². The van der Waals surface area contributed by atoms with Crippen LogP contribution in [0, 0.1) is 11.7 Å². The van der Waals surface area contributed by atoms with Gasteiger partial charge in [-0.2, -0.15) is 0 Å². The first-order valence-electron chi connectivity index (χ1n) is 6.18. The second-order valence-corrected chi connectivity index (χ2v) is 4.82. The third-order valence-corrected chi connectivity index (χ3v) is 3.81. The lowest BCUT2D eigenvalue weighted by Crippen LogP contribution is -2.25. The van der Waals surface area contributed by atoms with Gasteiger partial charge in [-0.05, 0) is 42.0 Å². The van der Waals surface area contributed by atoms with E-state index in [1.54, 1.807) is 6.07 Å². The maximum Gasteiger partial charge on any atom is 0.127 e. The van der Waals surface area contributed by atoms with Crippen molar-refractivity contribution in [3.63, 3.8) is 0 Å². The van der Waals surface area contributed by atoms with Crippen molar-refractivity contribution < 1.29 is 4.39 Å². The van der Waals surface area contributed by atoms with Gasteiger partial charge in [-0.3, -0.25) is 0 Å². The Hall–Kier alpha value is -0.890. The van der Waals surface area contributed by atoms with E-state index in [0.29, 0.717) is 17.9 Å². The van der Waals surface area contributed by atoms with Crippen molar-refractivity contribution >= 4 is 0 Å². The fourth-order valence-electron chi connectivity index (χ4n) is 2.74. The molecule has 1 aromatic carbocycles. The molecule has 0 saturated heterocycles. The van der Waals surface area contributed by atoms with Crippen LogP contribution in [0.5, 0.6) is 0 Å². The van der Waals surface area contributed by atoms with Gasteiger partial charge in [0.05, 0.1) is 0 Å². The van der Waals surface area contributed by atoms with E-state index in [4.69, 9.17) is 0 Å². The molecular formula is C14H20FN. The van der Waals surface area contributed by atoms with Crippen molar-refractivity contribution in [2.75, 3.05) is 6.54 Å². The van der Waals surface area contributed by atoms with Gasteiger partial charge in [0.2, 0.25) is 0 Å². The first-order chi connectivity index (χ1) is 7.66. The molecule has 0 bridgehead atoms. The van der Waals surface area contributed by atoms with Crippen LogP contribution in [0.15, 0.2) is 18.2 Å². The van der Waals surface area contributed by atoms with E-state index in [9.17, 15) is 4.39 Å². The van der Waals surface area contributed by atoms with Crippen LogP contribution in [0.2, 0.25) is 0 Å². The Balaban J connectivity index is 2.34. The molecular weight excluding hydrogens is 201 g/mol. The third kappa shape index (κ3) is 1.75. The van der Waals surface area contributed by atoms with Crippen LogP contribution in [-0.4, -0.2) is 6.54 Å². The molecule has 0 fully saturated rings. The van der Waals surface area contributed by atoms with Crippen LogP contribution >= 0.6 is 0 Å². The van der Waals surface area contributed by atoms with Crippen LogP contribution in [0.3, 0.4) is 0 Å². The van der Waals surface area contributed by atoms with E-state index in [0.717, 1.165) is 24.1 Å². The predicted molar refractivity (Wildman–Crippen MR) is 65.0 cm³/mol. The Kier molecular flexibility index (Phi) is 3.29. The first kappa shape index (κ1) is 11.6. The van der Waals surface area contributed by atoms with Crippen LogP contribution in [0.1, 0.15) is 50.3 Å². The number of benzene rings is 1. The molecule has 0 spiro atoms. The van der Waals surface area contributed by atoms with Crippen LogP contribution in [0.25, 0.3) is 0 Å². The van der Waals surface area contributed by atoms with Crippen molar-refractivity contribution in [1.82, 2.24) is 5.32 Å². The van der Waals surface area contributed by atoms with E-state index in [1.165, 1.54) is 0 Å². The molecule has 3 atom stereocenters. The lowest BCUT2D eigenvalue weighted by molar-refractivity contribution is 0.378. The molecule has 1 aliphatic rings. The molecule has 0 radical (unpaired) electrons. The van der Waals surface area contributed by atoms with Gasteiger partial charge in [-0.15, -0.1) is 0 Å². The SMILES string of the molecule is CCCNC1c2cccc(F)c2C(C)C1C. The summed E-state index contributed by atoms with van der Waals surface area (Å²) in [4.78, 5) is 0. The molecule has 1 nitrogen and oxygen atoms in total. The van der Waals surface area contributed by atoms with Gasteiger partial charge in [-0.1, -0.05) is 32.9 Å². The highest BCUT2D eigenvalue weighted by Gasteiger charge is 2.36. The zero-order chi connectivity index (χ0) is 11.7. The first-order valence-corrected chi connectivity index (χ1v) is 6.18. The van der Waals surface area contributed by atoms with Crippen molar-refractivity contribution in [3.8, 4) is 0 Å². The second kappa shape index (κ2) is 4.54. The number of nitrogens with one attached hydrogen (secondary N) is 1. The number of fused-ring (bicyclic) bond motifs is 1. The van der Waals surface area contributed by atoms with E-state index < -0.39 is 0 Å². The molecule has 2 heteroatoms. The maximum absolute atomic E-state index is 13.8. The van der Waals surface area contributed by atoms with Gasteiger partial charge in [-0.25, -0.2) is 4.39 Å². The molecule has 0 heterocycles. The summed E-state index contributed by atoms with van der Waals surface area (Å²) in [6, 6.07) is 5.77. The lowest BCUT2D eigenvalue weighted by atomic mass is 9.94. The van der Waals surface area contributed by atoms with Crippen LogP contribution < -0.4 is 5.32 Å². The van der Waals surface area contributed by atoms with Crippen LogP contribution in [0.4, 0.5) is 4.39 Å². The Morgan fingerprint density at radius 3 is 2.75 bits per heavy atom. The summed E-state index contributed by atoms with van der Waals surface area (Å²) in [6.07, 6.45) is 1.11. The number of hydrogen-bond donors (Lipinski definition) is 1. The average molecular weight is 221 g/mol. The van der Waals surface area contributed by atoms with Gasteiger partial charge in [0, 0.05) is 6.04 Å². The molecule has 0 amide bonds. The molecule has 0 aromatic heterocycles. The summed E-state index contributed by atoms with van der Waals surface area (Å²) in [5.74, 6) is 0.738. The molecule has 3 unspecified atom stereocenters. The minimum absolute atomic E-state index is 0.0438. The largest absolute Gasteiger partial charge is 0.310 e. The monoisotopic (exact) mass is 221 g/mol. The van der Waals surface area contributed by atoms with Crippen molar-refractivity contribution in [2.45, 2.75) is 39.2 Å². The molecule has 1 aliphatic carbocycles. The normalized spacial score (nSPS) is 28.1. The van der Waals surface area contributed by atoms with Gasteiger partial charge >= 0.3 is 0 Å². The summed E-state index contributed by atoms with van der Waals surface area (Å²) < 4.78 is 13.8. The van der Waals surface area contributed by atoms with E-state index >= 15 is 0 Å². The summed E-state index contributed by atoms with van der Waals surface area (Å²) in [6.45, 7) is 7.48. The van der Waals surface area contributed by atoms with Crippen LogP contribution in [-0.2, 0) is 0 Å². The van der Waals surface area contributed by atoms with Crippen molar-refractivity contribution in [2.24, 2.45) is 5.92 Å². The van der Waals surface area contributed by atoms with E-state index in [2.05, 4.69) is 32.2 Å². The van der Waals surface area contributed by atoms with Gasteiger partial charge in [0.1, 0.15) is 5.82 Å². The Morgan fingerprint density at radius 2 is 2.06 bits per heavy atom. The molecule has 0 aliphatic heterocycles. The minimum Gasteiger partial charge on any atom is -0.310 e. The number of hydrogen-bond acceptors (Lipinski definition) is 1. The number of rotatable bonds is 3. The highest BCUT2D eigenvalue weighted by atomic mass is 19.1. The molecule has 16 heavy (non-hydrogen) atoms. The molecule has 1 N–H and O–H groups in total. The summed E-state index contributed by atoms with van der Waals surface area (Å²) >= 11 is 0. The molecule has 0 saturated carbocycles. The zero-order valence-electron chi connectivity index (χ0n) is 10.3. The fourth-order valence-corrected chi connectivity index (χ4v) is 2.74. The maximum atomic E-state index is 13.8. The molecule has 1 aromatic rings. The smallest absolute Gasteiger partial charge is 0.127 e. The Labute approximate surface area is 97.1 Å². The third-order valence-electron chi connectivity index (χ3n) is 3.81. The Bertz CT molecular complexity index is 375. The molecule has 2 rings (SSSR count). The van der Waals surface area contributed by atoms with E-state index in [-0.39, 0.29) is 5.82 Å². The van der Waals surface area contributed by atoms with Gasteiger partial charge in [0.15, 0.2) is 0 Å². The highest BCUT2D eigenvalue weighted by molar-refractivity contribution is 5.40. The van der Waals surface area contributed by atoms with Crippen molar-refractivity contribution in [1.29, 1.82) is 0 Å². The average Bonchev–Trinajstić information content (AvgIpc) is 2.51. The second-order valence-electron chi connectivity index (χ2n) is 4.82. The van der Waals surface area contributed by atoms with Crippen molar-refractivity contribution in [3.05, 3.63) is 35.1 Å². The Morgan fingerprint density at radius 1 is 1.31 bits per heavy atom. The molecule has 88 valence electrons. The van der Waals surface area contributed by atoms with E-state index in [1.807, 2.05) is 6.07 Å². The van der Waals surface area contributed by atoms with Gasteiger partial charge < -0.3 is 5.32 Å². The number of halogens is 1. The highest BCUT2D eigenvalue weighted by Crippen LogP contribution is 2.45. The lowest BCUT2D eigenvalue weighted by Gasteiger charge is -2.20. The minimum atomic E-state index is -0.0438. The zero-order valence-corrected chi connectivity index (χ0v) is 10.3. The standard InChI is InChI=1S/C14H20FN/c1-4-8-16-14-10(3)9(2)13-11(14)6-5-7-12(13)15/h5-7,9-10,14,16H,4,8H2,1-3H3. The summed E-state index contributed by atoms with van der Waals surface area (Å²) in [7, 11) is 0. The quantitative estimate of drug-likeness (QED) is 0.822. The summed E-state index contributed by atoms with van der Waals surface area (Å²) in [5, 5.41) is 3.53. The predicted octanol–water partition coefficient (Wildman–Crippen LogP) is 3.62. The topological polar surface area (TPSA) is 12.0 Å².